The molecule has 1 fully saturated rings. The number of carbonyl (C=O) groups is 1. The summed E-state index contributed by atoms with van der Waals surface area (Å²) in [5, 5.41) is 0. The molecule has 0 spiro atoms. The highest BCUT2D eigenvalue weighted by Crippen LogP contribution is 2.17. The summed E-state index contributed by atoms with van der Waals surface area (Å²) in [6, 6.07) is 0. The van der Waals surface area contributed by atoms with Crippen molar-refractivity contribution < 1.29 is 9.53 Å². The number of nitrogens with zero attached hydrogens (tertiary/aromatic N) is 1. The normalized spacial score (nSPS) is 17.3. The average Bonchev–Trinajstić information content (AvgIpc) is 3.15. The highest BCUT2D eigenvalue weighted by molar-refractivity contribution is 5.69. The molecule has 1 aliphatic rings. The van der Waals surface area contributed by atoms with E-state index in [-0.39, 0.29) is 12.1 Å². The molecular formula is C25H48NO2. The summed E-state index contributed by atoms with van der Waals surface area (Å²) in [6.45, 7) is 8.46. The molecule has 3 heteroatoms. The molecule has 0 aromatic rings. The molecule has 1 saturated heterocycles. The third-order valence-electron chi connectivity index (χ3n) is 6.00. The van der Waals surface area contributed by atoms with E-state index in [4.69, 9.17) is 4.74 Å². The summed E-state index contributed by atoms with van der Waals surface area (Å²) in [4.78, 5) is 14.1. The molecule has 0 amide bonds. The van der Waals surface area contributed by atoms with Crippen LogP contribution in [0.5, 0.6) is 0 Å². The standard InChI is InChI=1S/C25H48NO2/c1-3-5-6-7-8-9-10-11-12-13-14-15-16-17-18-19-20-25(27)28-24-21-22-26(4-2)23-24/h22,24H,3-21,23H2,1-2H3. The molecule has 1 heterocycles. The van der Waals surface area contributed by atoms with E-state index in [1.807, 2.05) is 0 Å². The lowest BCUT2D eigenvalue weighted by molar-refractivity contribution is -0.148. The second-order valence-electron chi connectivity index (χ2n) is 8.67. The van der Waals surface area contributed by atoms with Gasteiger partial charge in [-0.3, -0.25) is 9.69 Å². The maximum absolute atomic E-state index is 11.9. The van der Waals surface area contributed by atoms with Gasteiger partial charge in [0, 0.05) is 25.9 Å². The van der Waals surface area contributed by atoms with Crippen LogP contribution < -0.4 is 0 Å². The van der Waals surface area contributed by atoms with Crippen LogP contribution >= 0.6 is 0 Å². The van der Waals surface area contributed by atoms with Crippen molar-refractivity contribution in [3.05, 3.63) is 6.54 Å². The van der Waals surface area contributed by atoms with Crippen molar-refractivity contribution in [2.45, 2.75) is 136 Å². The van der Waals surface area contributed by atoms with Gasteiger partial charge in [0.25, 0.3) is 0 Å². The molecule has 0 N–H and O–H groups in total. The van der Waals surface area contributed by atoms with Crippen molar-refractivity contribution in [2.24, 2.45) is 0 Å². The zero-order valence-electron chi connectivity index (χ0n) is 19.1. The number of unbranched alkanes of at least 4 members (excludes halogenated alkanes) is 15. The van der Waals surface area contributed by atoms with E-state index in [0.717, 1.165) is 25.9 Å². The summed E-state index contributed by atoms with van der Waals surface area (Å²) < 4.78 is 5.56. The van der Waals surface area contributed by atoms with E-state index < -0.39 is 0 Å². The van der Waals surface area contributed by atoms with Crippen LogP contribution in [-0.2, 0) is 9.53 Å². The van der Waals surface area contributed by atoms with Crippen LogP contribution in [-0.4, -0.2) is 30.1 Å². The van der Waals surface area contributed by atoms with Gasteiger partial charge in [0.15, 0.2) is 0 Å². The monoisotopic (exact) mass is 394 g/mol. The van der Waals surface area contributed by atoms with E-state index in [1.54, 1.807) is 0 Å². The Labute approximate surface area is 176 Å². The van der Waals surface area contributed by atoms with Crippen LogP contribution in [0, 0.1) is 6.54 Å². The second kappa shape index (κ2) is 18.5. The molecule has 1 atom stereocenters. The van der Waals surface area contributed by atoms with Crippen LogP contribution in [0.25, 0.3) is 0 Å². The molecule has 1 rings (SSSR count). The van der Waals surface area contributed by atoms with E-state index in [9.17, 15) is 4.79 Å². The maximum Gasteiger partial charge on any atom is 0.306 e. The summed E-state index contributed by atoms with van der Waals surface area (Å²) in [7, 11) is 0. The fraction of sp³-hybridized carbons (Fsp3) is 0.920. The molecular weight excluding hydrogens is 346 g/mol. The molecule has 0 aliphatic carbocycles. The third-order valence-corrected chi connectivity index (χ3v) is 6.00. The zero-order valence-corrected chi connectivity index (χ0v) is 19.1. The fourth-order valence-electron chi connectivity index (χ4n) is 4.08. The van der Waals surface area contributed by atoms with Crippen LogP contribution in [0.1, 0.15) is 129 Å². The van der Waals surface area contributed by atoms with E-state index in [0.29, 0.717) is 6.42 Å². The van der Waals surface area contributed by atoms with Crippen molar-refractivity contribution in [3.63, 3.8) is 0 Å². The van der Waals surface area contributed by atoms with E-state index >= 15 is 0 Å². The number of carbonyl (C=O) groups excluding carboxylic acids is 1. The minimum absolute atomic E-state index is 0.00159. The van der Waals surface area contributed by atoms with E-state index in [1.165, 1.54) is 96.3 Å². The number of likely N-dealkylation sites (N-methyl/N-ethyl adjacent to an activating group) is 1. The third kappa shape index (κ3) is 14.4. The first-order valence-electron chi connectivity index (χ1n) is 12.5. The summed E-state index contributed by atoms with van der Waals surface area (Å²) in [6.07, 6.45) is 23.4. The first kappa shape index (κ1) is 25.5. The summed E-state index contributed by atoms with van der Waals surface area (Å²) >= 11 is 0. The van der Waals surface area contributed by atoms with Crippen LogP contribution in [0.15, 0.2) is 0 Å². The molecule has 0 aromatic carbocycles. The SMILES string of the molecule is CCCCCCCCCCCCCCCCCCC(=O)OC1C[CH]N(CC)C1. The molecule has 1 radical (unpaired) electrons. The summed E-state index contributed by atoms with van der Waals surface area (Å²) in [5.41, 5.74) is 0. The van der Waals surface area contributed by atoms with Gasteiger partial charge < -0.3 is 4.74 Å². The predicted octanol–water partition coefficient (Wildman–Crippen LogP) is 7.44. The number of hydrogen-bond donors (Lipinski definition) is 0. The summed E-state index contributed by atoms with van der Waals surface area (Å²) in [5.74, 6) is 0.00159. The second-order valence-corrected chi connectivity index (χ2v) is 8.67. The highest BCUT2D eigenvalue weighted by atomic mass is 16.5. The van der Waals surface area contributed by atoms with Crippen molar-refractivity contribution in [3.8, 4) is 0 Å². The van der Waals surface area contributed by atoms with Crippen molar-refractivity contribution in [2.75, 3.05) is 13.1 Å². The Morgan fingerprint density at radius 1 is 0.786 bits per heavy atom. The van der Waals surface area contributed by atoms with Crippen molar-refractivity contribution in [1.82, 2.24) is 4.90 Å². The maximum atomic E-state index is 11.9. The number of likely N-dealkylation sites (tertiary alicyclic amines) is 1. The number of rotatable bonds is 19. The Bertz CT molecular complexity index is 358. The molecule has 3 nitrogen and oxygen atoms in total. The van der Waals surface area contributed by atoms with Gasteiger partial charge in [-0.25, -0.2) is 0 Å². The average molecular weight is 395 g/mol. The molecule has 165 valence electrons. The first-order valence-corrected chi connectivity index (χ1v) is 12.5. The van der Waals surface area contributed by atoms with Gasteiger partial charge in [-0.15, -0.1) is 0 Å². The quantitative estimate of drug-likeness (QED) is 0.168. The van der Waals surface area contributed by atoms with E-state index in [2.05, 4.69) is 25.3 Å². The lowest BCUT2D eigenvalue weighted by Crippen LogP contribution is -2.23. The largest absolute Gasteiger partial charge is 0.461 e. The fourth-order valence-corrected chi connectivity index (χ4v) is 4.08. The Morgan fingerprint density at radius 2 is 1.25 bits per heavy atom. The molecule has 28 heavy (non-hydrogen) atoms. The molecule has 0 aromatic heterocycles. The molecule has 0 saturated carbocycles. The van der Waals surface area contributed by atoms with Crippen LogP contribution in [0.3, 0.4) is 0 Å². The lowest BCUT2D eigenvalue weighted by atomic mass is 10.0. The zero-order chi connectivity index (χ0) is 20.3. The smallest absolute Gasteiger partial charge is 0.306 e. The van der Waals surface area contributed by atoms with Crippen molar-refractivity contribution in [1.29, 1.82) is 0 Å². The van der Waals surface area contributed by atoms with Gasteiger partial charge in [0.1, 0.15) is 6.10 Å². The Morgan fingerprint density at radius 3 is 1.68 bits per heavy atom. The van der Waals surface area contributed by atoms with Crippen LogP contribution in [0.4, 0.5) is 0 Å². The predicted molar refractivity (Wildman–Crippen MR) is 120 cm³/mol. The highest BCUT2D eigenvalue weighted by Gasteiger charge is 2.24. The van der Waals surface area contributed by atoms with Gasteiger partial charge in [0.05, 0.1) is 0 Å². The Kier molecular flexibility index (Phi) is 16.8. The molecule has 1 aliphatic heterocycles. The number of esters is 1. The Balaban J connectivity index is 1.74. The first-order chi connectivity index (χ1) is 13.8. The number of ether oxygens (including phenoxy) is 1. The Hall–Kier alpha value is -0.570. The van der Waals surface area contributed by atoms with Crippen molar-refractivity contribution >= 4 is 5.97 Å². The minimum Gasteiger partial charge on any atom is -0.461 e. The van der Waals surface area contributed by atoms with Gasteiger partial charge in [-0.05, 0) is 13.0 Å². The lowest BCUT2D eigenvalue weighted by Gasteiger charge is -2.13. The van der Waals surface area contributed by atoms with Gasteiger partial charge in [-0.1, -0.05) is 110 Å². The van der Waals surface area contributed by atoms with Gasteiger partial charge in [0.2, 0.25) is 0 Å². The van der Waals surface area contributed by atoms with Crippen LogP contribution in [0.2, 0.25) is 0 Å². The molecule has 1 unspecified atom stereocenters. The van der Waals surface area contributed by atoms with Gasteiger partial charge in [-0.2, -0.15) is 0 Å². The molecule has 0 bridgehead atoms. The topological polar surface area (TPSA) is 29.5 Å². The number of hydrogen-bond acceptors (Lipinski definition) is 3. The minimum atomic E-state index is 0.00159. The van der Waals surface area contributed by atoms with Gasteiger partial charge >= 0.3 is 5.97 Å².